The fraction of sp³-hybridized carbons (Fsp3) is 0.545. The van der Waals surface area contributed by atoms with Crippen LogP contribution in [0.1, 0.15) is 63.5 Å². The summed E-state index contributed by atoms with van der Waals surface area (Å²) in [5.74, 6) is 2.75. The number of ether oxygens (including phenoxy) is 2. The van der Waals surface area contributed by atoms with E-state index in [2.05, 4.69) is 19.1 Å². The molecule has 1 fully saturated rings. The molecule has 0 heterocycles. The van der Waals surface area contributed by atoms with Gasteiger partial charge in [-0.25, -0.2) is 0 Å². The number of aryl methyl sites for hydroxylation is 1. The Hall–Kier alpha value is -2.10. The van der Waals surface area contributed by atoms with Gasteiger partial charge in [0.2, 0.25) is 0 Å². The van der Waals surface area contributed by atoms with E-state index >= 15 is 0 Å². The van der Waals surface area contributed by atoms with Crippen LogP contribution in [0.15, 0.2) is 30.0 Å². The number of hydrogen-bond donors (Lipinski definition) is 0. The number of allylic oxidation sites excluding steroid dienone is 2. The standard InChI is InChI=1S/C22H26O4/c1-13(23)25-16-5-7-17-15(12-16)4-6-19-18(17)10-11-22(3)20(19)8-9-21(22)26-14(2)24/h5,7,9,12,18-20H,4,6,8,10-11H2,1-3H3/t18-,19-,20+,22+/m0/s1. The van der Waals surface area contributed by atoms with Crippen molar-refractivity contribution in [1.29, 1.82) is 0 Å². The molecule has 3 aliphatic rings. The van der Waals surface area contributed by atoms with Gasteiger partial charge in [0.15, 0.2) is 0 Å². The Morgan fingerprint density at radius 2 is 1.88 bits per heavy atom. The normalized spacial score (nSPS) is 32.0. The molecule has 0 saturated heterocycles. The van der Waals surface area contributed by atoms with Crippen molar-refractivity contribution in [3.63, 3.8) is 0 Å². The van der Waals surface area contributed by atoms with E-state index in [-0.39, 0.29) is 17.4 Å². The van der Waals surface area contributed by atoms with E-state index in [1.165, 1.54) is 25.0 Å². The minimum Gasteiger partial charge on any atom is -0.431 e. The molecule has 26 heavy (non-hydrogen) atoms. The largest absolute Gasteiger partial charge is 0.431 e. The first-order valence-corrected chi connectivity index (χ1v) is 9.59. The number of esters is 2. The van der Waals surface area contributed by atoms with Crippen LogP contribution in [0.3, 0.4) is 0 Å². The maximum atomic E-state index is 11.5. The number of benzene rings is 1. The van der Waals surface area contributed by atoms with Gasteiger partial charge in [-0.15, -0.1) is 0 Å². The number of carbonyl (C=O) groups excluding carboxylic acids is 2. The molecule has 0 radical (unpaired) electrons. The second kappa shape index (κ2) is 6.26. The van der Waals surface area contributed by atoms with Crippen LogP contribution < -0.4 is 4.74 Å². The number of carbonyl (C=O) groups is 2. The Morgan fingerprint density at radius 1 is 1.12 bits per heavy atom. The maximum absolute atomic E-state index is 11.5. The average Bonchev–Trinajstić information content (AvgIpc) is 2.90. The van der Waals surface area contributed by atoms with Crippen molar-refractivity contribution >= 4 is 11.9 Å². The lowest BCUT2D eigenvalue weighted by Crippen LogP contribution is -2.41. The van der Waals surface area contributed by atoms with Crippen LogP contribution in [0.25, 0.3) is 0 Å². The smallest absolute Gasteiger partial charge is 0.308 e. The van der Waals surface area contributed by atoms with Crippen LogP contribution >= 0.6 is 0 Å². The van der Waals surface area contributed by atoms with Crippen molar-refractivity contribution in [1.82, 2.24) is 0 Å². The Labute approximate surface area is 154 Å². The monoisotopic (exact) mass is 354 g/mol. The molecule has 0 aromatic heterocycles. The molecule has 0 amide bonds. The predicted octanol–water partition coefficient (Wildman–Crippen LogP) is 4.52. The van der Waals surface area contributed by atoms with E-state index in [9.17, 15) is 9.59 Å². The maximum Gasteiger partial charge on any atom is 0.308 e. The summed E-state index contributed by atoms with van der Waals surface area (Å²) < 4.78 is 10.8. The molecule has 0 spiro atoms. The summed E-state index contributed by atoms with van der Waals surface area (Å²) >= 11 is 0. The third-order valence-electron chi connectivity index (χ3n) is 6.72. The topological polar surface area (TPSA) is 52.6 Å². The quantitative estimate of drug-likeness (QED) is 0.578. The first-order valence-electron chi connectivity index (χ1n) is 9.59. The summed E-state index contributed by atoms with van der Waals surface area (Å²) in [4.78, 5) is 22.7. The zero-order chi connectivity index (χ0) is 18.5. The van der Waals surface area contributed by atoms with E-state index in [4.69, 9.17) is 9.47 Å². The summed E-state index contributed by atoms with van der Waals surface area (Å²) in [7, 11) is 0. The van der Waals surface area contributed by atoms with Gasteiger partial charge >= 0.3 is 11.9 Å². The fourth-order valence-corrected chi connectivity index (χ4v) is 5.63. The van der Waals surface area contributed by atoms with Gasteiger partial charge in [-0.1, -0.05) is 13.0 Å². The first-order chi connectivity index (χ1) is 12.4. The van der Waals surface area contributed by atoms with Gasteiger partial charge in [0.25, 0.3) is 0 Å². The Kier molecular flexibility index (Phi) is 4.17. The zero-order valence-corrected chi connectivity index (χ0v) is 15.7. The van der Waals surface area contributed by atoms with E-state index in [1.54, 1.807) is 0 Å². The minimum absolute atomic E-state index is 0.0119. The van der Waals surface area contributed by atoms with Gasteiger partial charge < -0.3 is 9.47 Å². The van der Waals surface area contributed by atoms with Crippen molar-refractivity contribution < 1.29 is 19.1 Å². The van der Waals surface area contributed by atoms with Gasteiger partial charge in [-0.3, -0.25) is 9.59 Å². The molecule has 1 saturated carbocycles. The van der Waals surface area contributed by atoms with Crippen LogP contribution in [-0.4, -0.2) is 11.9 Å². The summed E-state index contributed by atoms with van der Waals surface area (Å²) in [5, 5.41) is 0. The van der Waals surface area contributed by atoms with Crippen LogP contribution in [0.4, 0.5) is 0 Å². The third kappa shape index (κ3) is 2.76. The highest BCUT2D eigenvalue weighted by atomic mass is 16.5. The van der Waals surface area contributed by atoms with Crippen molar-refractivity contribution in [2.24, 2.45) is 17.3 Å². The molecule has 4 atom stereocenters. The van der Waals surface area contributed by atoms with E-state index < -0.39 is 0 Å². The Bertz CT molecular complexity index is 793. The number of hydrogen-bond acceptors (Lipinski definition) is 4. The van der Waals surface area contributed by atoms with E-state index in [1.807, 2.05) is 12.1 Å². The summed E-state index contributed by atoms with van der Waals surface area (Å²) in [5.41, 5.74) is 2.72. The molecular formula is C22H26O4. The van der Waals surface area contributed by atoms with E-state index in [0.717, 1.165) is 37.9 Å². The molecule has 3 aliphatic carbocycles. The van der Waals surface area contributed by atoms with Crippen molar-refractivity contribution in [3.8, 4) is 5.75 Å². The van der Waals surface area contributed by atoms with Crippen LogP contribution in [0.2, 0.25) is 0 Å². The minimum atomic E-state index is -0.276. The highest BCUT2D eigenvalue weighted by Crippen LogP contribution is 2.61. The van der Waals surface area contributed by atoms with Crippen LogP contribution in [0, 0.1) is 17.3 Å². The van der Waals surface area contributed by atoms with Crippen molar-refractivity contribution in [2.75, 3.05) is 0 Å². The SMILES string of the molecule is CC(=O)OC1=CC[C@@H]2[C@H]3CCc4cc(OC(C)=O)ccc4[C@@H]3CC[C@@]12C. The Balaban J connectivity index is 1.59. The highest BCUT2D eigenvalue weighted by molar-refractivity contribution is 5.69. The Morgan fingerprint density at radius 3 is 2.62 bits per heavy atom. The molecule has 0 aliphatic heterocycles. The second-order valence-corrected chi connectivity index (χ2v) is 8.22. The molecule has 138 valence electrons. The van der Waals surface area contributed by atoms with Gasteiger partial charge in [0, 0.05) is 19.3 Å². The van der Waals surface area contributed by atoms with Gasteiger partial charge in [-0.2, -0.15) is 0 Å². The lowest BCUT2D eigenvalue weighted by molar-refractivity contribution is -0.139. The summed E-state index contributed by atoms with van der Waals surface area (Å²) in [6, 6.07) is 6.12. The molecular weight excluding hydrogens is 328 g/mol. The van der Waals surface area contributed by atoms with E-state index in [0.29, 0.717) is 23.5 Å². The van der Waals surface area contributed by atoms with Crippen LogP contribution in [-0.2, 0) is 20.7 Å². The number of rotatable bonds is 2. The lowest BCUT2D eigenvalue weighted by Gasteiger charge is -2.49. The predicted molar refractivity (Wildman–Crippen MR) is 97.6 cm³/mol. The number of fused-ring (bicyclic) bond motifs is 5. The molecule has 4 nitrogen and oxygen atoms in total. The molecule has 1 aromatic carbocycles. The first kappa shape index (κ1) is 17.3. The van der Waals surface area contributed by atoms with Crippen molar-refractivity contribution in [2.45, 2.75) is 58.8 Å². The molecule has 1 aromatic rings. The zero-order valence-electron chi connectivity index (χ0n) is 15.7. The van der Waals surface area contributed by atoms with Gasteiger partial charge in [0.05, 0.1) is 0 Å². The second-order valence-electron chi connectivity index (χ2n) is 8.22. The third-order valence-corrected chi connectivity index (χ3v) is 6.72. The molecule has 0 bridgehead atoms. The average molecular weight is 354 g/mol. The van der Waals surface area contributed by atoms with Crippen molar-refractivity contribution in [3.05, 3.63) is 41.2 Å². The molecule has 0 N–H and O–H groups in total. The fourth-order valence-electron chi connectivity index (χ4n) is 5.63. The highest BCUT2D eigenvalue weighted by Gasteiger charge is 2.53. The van der Waals surface area contributed by atoms with Gasteiger partial charge in [0.1, 0.15) is 11.5 Å². The molecule has 4 heteroatoms. The van der Waals surface area contributed by atoms with Gasteiger partial charge in [-0.05, 0) is 79.2 Å². The van der Waals surface area contributed by atoms with Crippen LogP contribution in [0.5, 0.6) is 5.75 Å². The lowest BCUT2D eigenvalue weighted by atomic mass is 9.55. The molecule has 4 rings (SSSR count). The summed E-state index contributed by atoms with van der Waals surface area (Å²) in [6.07, 6.45) is 7.46. The molecule has 0 unspecified atom stereocenters. The summed E-state index contributed by atoms with van der Waals surface area (Å²) in [6.45, 7) is 5.20.